The molecule has 2 aromatic rings. The molecule has 0 saturated heterocycles. The lowest BCUT2D eigenvalue weighted by atomic mass is 9.95. The summed E-state index contributed by atoms with van der Waals surface area (Å²) in [5.74, 6) is 0.277. The Kier molecular flexibility index (Phi) is 4.71. The van der Waals surface area contributed by atoms with Gasteiger partial charge in [0.05, 0.1) is 6.20 Å². The zero-order chi connectivity index (χ0) is 16.2. The minimum absolute atomic E-state index is 0.179. The highest BCUT2D eigenvalue weighted by molar-refractivity contribution is 5.91. The van der Waals surface area contributed by atoms with Crippen LogP contribution < -0.4 is 5.32 Å². The predicted octanol–water partition coefficient (Wildman–Crippen LogP) is 1.62. The van der Waals surface area contributed by atoms with Gasteiger partial charge < -0.3 is 5.32 Å². The molecule has 0 unspecified atom stereocenters. The van der Waals surface area contributed by atoms with Crippen molar-refractivity contribution in [2.24, 2.45) is 5.92 Å². The molecule has 3 rings (SSSR count). The van der Waals surface area contributed by atoms with E-state index in [1.165, 1.54) is 17.3 Å². The lowest BCUT2D eigenvalue weighted by molar-refractivity contribution is 0.0899. The van der Waals surface area contributed by atoms with E-state index in [4.69, 9.17) is 0 Å². The molecule has 0 bridgehead atoms. The van der Waals surface area contributed by atoms with Gasteiger partial charge >= 0.3 is 0 Å². The fourth-order valence-corrected chi connectivity index (χ4v) is 3.19. The van der Waals surface area contributed by atoms with E-state index in [0.717, 1.165) is 19.5 Å². The summed E-state index contributed by atoms with van der Waals surface area (Å²) in [6.45, 7) is 6.99. The molecule has 1 atom stereocenters. The molecule has 0 radical (unpaired) electrons. The van der Waals surface area contributed by atoms with Crippen LogP contribution in [-0.4, -0.2) is 45.3 Å². The molecular formula is C17H23N5O. The number of nitrogens with one attached hydrogen (secondary N) is 2. The second-order valence-electron chi connectivity index (χ2n) is 6.37. The van der Waals surface area contributed by atoms with E-state index < -0.39 is 0 Å². The first-order valence-corrected chi connectivity index (χ1v) is 8.10. The molecule has 6 nitrogen and oxygen atoms in total. The first-order chi connectivity index (χ1) is 11.1. The SMILES string of the molecule is CC(C)[C@@H](CNC(=O)c1cn[nH]n1)N1CCc2ccccc2C1. The Bertz CT molecular complexity index is 653. The fourth-order valence-electron chi connectivity index (χ4n) is 3.19. The number of hydrogen-bond acceptors (Lipinski definition) is 4. The van der Waals surface area contributed by atoms with Gasteiger partial charge in [0.15, 0.2) is 5.69 Å². The molecule has 0 saturated carbocycles. The van der Waals surface area contributed by atoms with Crippen molar-refractivity contribution >= 4 is 5.91 Å². The monoisotopic (exact) mass is 313 g/mol. The number of amides is 1. The first-order valence-electron chi connectivity index (χ1n) is 8.10. The summed E-state index contributed by atoms with van der Waals surface area (Å²) < 4.78 is 0. The predicted molar refractivity (Wildman–Crippen MR) is 87.9 cm³/mol. The summed E-state index contributed by atoms with van der Waals surface area (Å²) in [4.78, 5) is 14.5. The maximum absolute atomic E-state index is 12.1. The van der Waals surface area contributed by atoms with E-state index in [9.17, 15) is 4.79 Å². The smallest absolute Gasteiger partial charge is 0.273 e. The van der Waals surface area contributed by atoms with E-state index in [0.29, 0.717) is 24.2 Å². The van der Waals surface area contributed by atoms with E-state index in [1.54, 1.807) is 0 Å². The lowest BCUT2D eigenvalue weighted by Gasteiger charge is -2.37. The fraction of sp³-hybridized carbons (Fsp3) is 0.471. The number of aromatic amines is 1. The molecule has 1 aliphatic heterocycles. The average Bonchev–Trinajstić information content (AvgIpc) is 3.09. The van der Waals surface area contributed by atoms with Crippen LogP contribution in [0, 0.1) is 5.92 Å². The molecule has 1 aromatic heterocycles. The Hall–Kier alpha value is -2.21. The largest absolute Gasteiger partial charge is 0.349 e. The molecule has 1 aromatic carbocycles. The van der Waals surface area contributed by atoms with Crippen LogP contribution >= 0.6 is 0 Å². The van der Waals surface area contributed by atoms with Crippen LogP contribution in [0.3, 0.4) is 0 Å². The molecule has 0 aliphatic carbocycles. The van der Waals surface area contributed by atoms with E-state index in [-0.39, 0.29) is 5.91 Å². The van der Waals surface area contributed by atoms with Crippen LogP contribution in [-0.2, 0) is 13.0 Å². The maximum Gasteiger partial charge on any atom is 0.273 e. The van der Waals surface area contributed by atoms with Crippen LogP contribution in [0.25, 0.3) is 0 Å². The summed E-state index contributed by atoms with van der Waals surface area (Å²) in [7, 11) is 0. The van der Waals surface area contributed by atoms with Crippen molar-refractivity contribution in [3.8, 4) is 0 Å². The van der Waals surface area contributed by atoms with Gasteiger partial charge in [0.2, 0.25) is 0 Å². The van der Waals surface area contributed by atoms with Crippen molar-refractivity contribution < 1.29 is 4.79 Å². The summed E-state index contributed by atoms with van der Waals surface area (Å²) >= 11 is 0. The van der Waals surface area contributed by atoms with Crippen molar-refractivity contribution in [3.63, 3.8) is 0 Å². The van der Waals surface area contributed by atoms with Crippen molar-refractivity contribution in [2.45, 2.75) is 32.9 Å². The molecule has 1 amide bonds. The lowest BCUT2D eigenvalue weighted by Crippen LogP contribution is -2.48. The molecule has 0 spiro atoms. The summed E-state index contributed by atoms with van der Waals surface area (Å²) in [5.41, 5.74) is 3.17. The Balaban J connectivity index is 1.64. The zero-order valence-electron chi connectivity index (χ0n) is 13.6. The first kappa shape index (κ1) is 15.7. The van der Waals surface area contributed by atoms with Crippen molar-refractivity contribution in [1.29, 1.82) is 0 Å². The molecule has 2 heterocycles. The van der Waals surface area contributed by atoms with Gasteiger partial charge in [-0.2, -0.15) is 15.4 Å². The van der Waals surface area contributed by atoms with Crippen molar-refractivity contribution in [3.05, 3.63) is 47.3 Å². The molecule has 0 fully saturated rings. The molecule has 2 N–H and O–H groups in total. The topological polar surface area (TPSA) is 73.9 Å². The van der Waals surface area contributed by atoms with Gasteiger partial charge in [-0.05, 0) is 23.5 Å². The molecule has 23 heavy (non-hydrogen) atoms. The van der Waals surface area contributed by atoms with Crippen molar-refractivity contribution in [2.75, 3.05) is 13.1 Å². The second kappa shape index (κ2) is 6.91. The number of fused-ring (bicyclic) bond motifs is 1. The van der Waals surface area contributed by atoms with Crippen LogP contribution in [0.5, 0.6) is 0 Å². The minimum atomic E-state index is -0.179. The minimum Gasteiger partial charge on any atom is -0.349 e. The van der Waals surface area contributed by atoms with E-state index >= 15 is 0 Å². The maximum atomic E-state index is 12.1. The highest BCUT2D eigenvalue weighted by Gasteiger charge is 2.26. The van der Waals surface area contributed by atoms with Gasteiger partial charge in [0.25, 0.3) is 5.91 Å². The van der Waals surface area contributed by atoms with Gasteiger partial charge in [-0.3, -0.25) is 9.69 Å². The number of carbonyl (C=O) groups is 1. The Morgan fingerprint density at radius 1 is 1.35 bits per heavy atom. The summed E-state index contributed by atoms with van der Waals surface area (Å²) in [5, 5.41) is 12.9. The molecule has 122 valence electrons. The van der Waals surface area contributed by atoms with Crippen LogP contribution in [0.2, 0.25) is 0 Å². The third-order valence-electron chi connectivity index (χ3n) is 4.52. The van der Waals surface area contributed by atoms with Crippen molar-refractivity contribution in [1.82, 2.24) is 25.6 Å². The third-order valence-corrected chi connectivity index (χ3v) is 4.52. The van der Waals surface area contributed by atoms with Crippen LogP contribution in [0.15, 0.2) is 30.5 Å². The van der Waals surface area contributed by atoms with Gasteiger partial charge in [0, 0.05) is 25.7 Å². The number of hydrogen-bond donors (Lipinski definition) is 2. The molecular weight excluding hydrogens is 290 g/mol. The van der Waals surface area contributed by atoms with Crippen LogP contribution in [0.4, 0.5) is 0 Å². The standard InChI is InChI=1S/C17H23N5O/c1-12(2)16(10-18-17(23)15-9-19-21-20-15)22-8-7-13-5-3-4-6-14(13)11-22/h3-6,9,12,16H,7-8,10-11H2,1-2H3,(H,18,23)(H,19,20,21)/t16-/m1/s1. The normalized spacial score (nSPS) is 16.1. The number of carbonyl (C=O) groups excluding carboxylic acids is 1. The molecule has 6 heteroatoms. The van der Waals surface area contributed by atoms with Crippen LogP contribution in [0.1, 0.15) is 35.5 Å². The Labute approximate surface area is 136 Å². The zero-order valence-corrected chi connectivity index (χ0v) is 13.6. The van der Waals surface area contributed by atoms with Gasteiger partial charge in [0.1, 0.15) is 0 Å². The highest BCUT2D eigenvalue weighted by atomic mass is 16.2. The molecule has 1 aliphatic rings. The number of H-pyrrole nitrogens is 1. The third kappa shape index (κ3) is 3.59. The second-order valence-corrected chi connectivity index (χ2v) is 6.37. The summed E-state index contributed by atoms with van der Waals surface area (Å²) in [6.07, 6.45) is 2.51. The summed E-state index contributed by atoms with van der Waals surface area (Å²) in [6, 6.07) is 8.92. The van der Waals surface area contributed by atoms with E-state index in [1.807, 2.05) is 0 Å². The number of benzene rings is 1. The van der Waals surface area contributed by atoms with Gasteiger partial charge in [-0.1, -0.05) is 38.1 Å². The Morgan fingerprint density at radius 3 is 2.83 bits per heavy atom. The quantitative estimate of drug-likeness (QED) is 0.879. The Morgan fingerprint density at radius 2 is 2.13 bits per heavy atom. The average molecular weight is 313 g/mol. The van der Waals surface area contributed by atoms with E-state index in [2.05, 4.69) is 63.7 Å². The number of aromatic nitrogens is 3. The number of rotatable bonds is 5. The highest BCUT2D eigenvalue weighted by Crippen LogP contribution is 2.22. The van der Waals surface area contributed by atoms with Gasteiger partial charge in [-0.25, -0.2) is 0 Å². The number of nitrogens with zero attached hydrogens (tertiary/aromatic N) is 3. The van der Waals surface area contributed by atoms with Gasteiger partial charge in [-0.15, -0.1) is 0 Å².